The van der Waals surface area contributed by atoms with Gasteiger partial charge in [-0.15, -0.1) is 0 Å². The third-order valence-electron chi connectivity index (χ3n) is 3.25. The van der Waals surface area contributed by atoms with Crippen LogP contribution in [0.1, 0.15) is 0 Å². The van der Waals surface area contributed by atoms with Crippen molar-refractivity contribution in [2.24, 2.45) is 0 Å². The summed E-state index contributed by atoms with van der Waals surface area (Å²) in [7, 11) is 0. The second-order valence-corrected chi connectivity index (χ2v) is 4.92. The van der Waals surface area contributed by atoms with Crippen LogP contribution in [-0.4, -0.2) is 16.0 Å². The first kappa shape index (κ1) is 14.4. The van der Waals surface area contributed by atoms with E-state index in [-0.39, 0.29) is 0 Å². The van der Waals surface area contributed by atoms with E-state index in [1.807, 2.05) is 36.4 Å². The van der Waals surface area contributed by atoms with Crippen molar-refractivity contribution in [3.05, 3.63) is 66.7 Å². The molecule has 0 aliphatic heterocycles. The van der Waals surface area contributed by atoms with Crippen molar-refractivity contribution >= 4 is 0 Å². The van der Waals surface area contributed by atoms with Crippen LogP contribution in [-0.2, 0) is 6.54 Å². The van der Waals surface area contributed by atoms with E-state index in [2.05, 4.69) is 5.10 Å². The molecule has 0 spiro atoms. The Morgan fingerprint density at radius 3 is 1.91 bits per heavy atom. The van der Waals surface area contributed by atoms with Crippen LogP contribution in [0.3, 0.4) is 0 Å². The minimum atomic E-state index is -4.32. The van der Waals surface area contributed by atoms with Crippen molar-refractivity contribution in [3.63, 3.8) is 0 Å². The van der Waals surface area contributed by atoms with E-state index < -0.39 is 12.7 Å². The molecule has 0 unspecified atom stereocenters. The van der Waals surface area contributed by atoms with E-state index in [1.54, 1.807) is 30.3 Å². The second-order valence-electron chi connectivity index (χ2n) is 4.92. The van der Waals surface area contributed by atoms with E-state index in [0.717, 1.165) is 10.2 Å². The fourth-order valence-corrected chi connectivity index (χ4v) is 2.30. The molecule has 2 aromatic carbocycles. The number of benzene rings is 2. The van der Waals surface area contributed by atoms with E-state index in [4.69, 9.17) is 0 Å². The maximum atomic E-state index is 12.8. The van der Waals surface area contributed by atoms with Gasteiger partial charge in [-0.2, -0.15) is 18.3 Å². The first-order valence-corrected chi connectivity index (χ1v) is 6.78. The first-order chi connectivity index (χ1) is 10.5. The lowest BCUT2D eigenvalue weighted by Gasteiger charge is -2.10. The van der Waals surface area contributed by atoms with Crippen molar-refractivity contribution < 1.29 is 13.2 Å². The Labute approximate surface area is 125 Å². The Balaban J connectivity index is 2.09. The van der Waals surface area contributed by atoms with Crippen LogP contribution >= 0.6 is 0 Å². The minimum Gasteiger partial charge on any atom is -0.255 e. The SMILES string of the molecule is FC(F)(F)Cn1nc(-c2ccccc2)cc1-c1ccccc1. The molecule has 0 bridgehead atoms. The molecular formula is C17H13F3N2. The highest BCUT2D eigenvalue weighted by Crippen LogP contribution is 2.28. The van der Waals surface area contributed by atoms with Crippen LogP contribution in [0.25, 0.3) is 22.5 Å². The maximum absolute atomic E-state index is 12.8. The fraction of sp³-hybridized carbons (Fsp3) is 0.118. The van der Waals surface area contributed by atoms with E-state index in [9.17, 15) is 13.2 Å². The molecule has 22 heavy (non-hydrogen) atoms. The molecule has 0 N–H and O–H groups in total. The fourth-order valence-electron chi connectivity index (χ4n) is 2.30. The van der Waals surface area contributed by atoms with Gasteiger partial charge in [0.25, 0.3) is 0 Å². The molecule has 112 valence electrons. The van der Waals surface area contributed by atoms with Gasteiger partial charge < -0.3 is 0 Å². The van der Waals surface area contributed by atoms with Crippen molar-refractivity contribution in [1.29, 1.82) is 0 Å². The molecule has 1 aromatic heterocycles. The van der Waals surface area contributed by atoms with Gasteiger partial charge in [0.1, 0.15) is 6.54 Å². The normalized spacial score (nSPS) is 11.6. The van der Waals surface area contributed by atoms with E-state index in [0.29, 0.717) is 17.0 Å². The molecule has 0 fully saturated rings. The molecule has 3 rings (SSSR count). The summed E-state index contributed by atoms with van der Waals surface area (Å²) in [5, 5.41) is 4.14. The first-order valence-electron chi connectivity index (χ1n) is 6.78. The van der Waals surface area contributed by atoms with Gasteiger partial charge in [-0.3, -0.25) is 4.68 Å². The van der Waals surface area contributed by atoms with Gasteiger partial charge in [0.05, 0.1) is 11.4 Å². The van der Waals surface area contributed by atoms with Gasteiger partial charge in [0.15, 0.2) is 0 Å². The Morgan fingerprint density at radius 1 is 0.818 bits per heavy atom. The topological polar surface area (TPSA) is 17.8 Å². The zero-order chi connectivity index (χ0) is 15.6. The van der Waals surface area contributed by atoms with Crippen molar-refractivity contribution in [2.75, 3.05) is 0 Å². The average Bonchev–Trinajstić information content (AvgIpc) is 2.91. The molecule has 3 aromatic rings. The zero-order valence-corrected chi connectivity index (χ0v) is 11.6. The Bertz CT molecular complexity index is 747. The Morgan fingerprint density at radius 2 is 1.36 bits per heavy atom. The number of rotatable bonds is 3. The summed E-state index contributed by atoms with van der Waals surface area (Å²) < 4.78 is 39.4. The molecule has 1 heterocycles. The summed E-state index contributed by atoms with van der Waals surface area (Å²) in [6.07, 6.45) is -4.32. The van der Waals surface area contributed by atoms with Crippen molar-refractivity contribution in [1.82, 2.24) is 9.78 Å². The summed E-state index contributed by atoms with van der Waals surface area (Å²) in [6, 6.07) is 19.8. The second kappa shape index (κ2) is 5.67. The van der Waals surface area contributed by atoms with Gasteiger partial charge in [0.2, 0.25) is 0 Å². The van der Waals surface area contributed by atoms with Crippen LogP contribution in [0.5, 0.6) is 0 Å². The minimum absolute atomic E-state index is 0.455. The van der Waals surface area contributed by atoms with Crippen LogP contribution in [0.15, 0.2) is 66.7 Å². The Hall–Kier alpha value is -2.56. The molecule has 0 amide bonds. The number of nitrogens with zero attached hydrogens (tertiary/aromatic N) is 2. The molecule has 0 aliphatic rings. The van der Waals surface area contributed by atoms with Gasteiger partial charge in [0, 0.05) is 5.56 Å². The lowest BCUT2D eigenvalue weighted by molar-refractivity contribution is -0.142. The zero-order valence-electron chi connectivity index (χ0n) is 11.6. The predicted molar refractivity (Wildman–Crippen MR) is 79.2 cm³/mol. The van der Waals surface area contributed by atoms with Gasteiger partial charge in [-0.05, 0) is 11.6 Å². The number of hydrogen-bond donors (Lipinski definition) is 0. The molecule has 5 heteroatoms. The number of halogens is 3. The molecule has 0 radical (unpaired) electrons. The Kier molecular flexibility index (Phi) is 3.71. The molecular weight excluding hydrogens is 289 g/mol. The van der Waals surface area contributed by atoms with E-state index in [1.165, 1.54) is 0 Å². The third-order valence-corrected chi connectivity index (χ3v) is 3.25. The largest absolute Gasteiger partial charge is 0.408 e. The summed E-state index contributed by atoms with van der Waals surface area (Å²) in [5.41, 5.74) is 2.49. The summed E-state index contributed by atoms with van der Waals surface area (Å²) in [6.45, 7) is -1.11. The number of alkyl halides is 3. The molecule has 0 saturated carbocycles. The molecule has 2 nitrogen and oxygen atoms in total. The predicted octanol–water partition coefficient (Wildman–Crippen LogP) is 4.78. The van der Waals surface area contributed by atoms with Crippen LogP contribution < -0.4 is 0 Å². The lowest BCUT2D eigenvalue weighted by Crippen LogP contribution is -2.19. The molecule has 0 saturated heterocycles. The summed E-state index contributed by atoms with van der Waals surface area (Å²) >= 11 is 0. The highest BCUT2D eigenvalue weighted by molar-refractivity contribution is 5.68. The highest BCUT2D eigenvalue weighted by Gasteiger charge is 2.30. The molecule has 0 atom stereocenters. The maximum Gasteiger partial charge on any atom is 0.408 e. The van der Waals surface area contributed by atoms with Gasteiger partial charge in [-0.1, -0.05) is 60.7 Å². The van der Waals surface area contributed by atoms with Gasteiger partial charge >= 0.3 is 6.18 Å². The van der Waals surface area contributed by atoms with Gasteiger partial charge in [-0.25, -0.2) is 0 Å². The average molecular weight is 302 g/mol. The standard InChI is InChI=1S/C17H13F3N2/c18-17(19,20)12-22-16(14-9-5-2-6-10-14)11-15(21-22)13-7-3-1-4-8-13/h1-11H,12H2. The third kappa shape index (κ3) is 3.19. The quantitative estimate of drug-likeness (QED) is 0.681. The van der Waals surface area contributed by atoms with Crippen molar-refractivity contribution in [3.8, 4) is 22.5 Å². The number of hydrogen-bond acceptors (Lipinski definition) is 1. The monoisotopic (exact) mass is 302 g/mol. The summed E-state index contributed by atoms with van der Waals surface area (Å²) in [5.74, 6) is 0. The van der Waals surface area contributed by atoms with Crippen LogP contribution in [0.2, 0.25) is 0 Å². The highest BCUT2D eigenvalue weighted by atomic mass is 19.4. The van der Waals surface area contributed by atoms with Crippen LogP contribution in [0, 0.1) is 0 Å². The van der Waals surface area contributed by atoms with E-state index >= 15 is 0 Å². The number of aromatic nitrogens is 2. The summed E-state index contributed by atoms with van der Waals surface area (Å²) in [4.78, 5) is 0. The lowest BCUT2D eigenvalue weighted by atomic mass is 10.1. The van der Waals surface area contributed by atoms with Crippen molar-refractivity contribution in [2.45, 2.75) is 12.7 Å². The smallest absolute Gasteiger partial charge is 0.255 e. The van der Waals surface area contributed by atoms with Crippen LogP contribution in [0.4, 0.5) is 13.2 Å². The molecule has 0 aliphatic carbocycles.